The van der Waals surface area contributed by atoms with Gasteiger partial charge in [-0.05, 0) is 156 Å². The Morgan fingerprint density at radius 3 is 2.08 bits per heavy atom. The summed E-state index contributed by atoms with van der Waals surface area (Å²) in [5.74, 6) is 2.90. The monoisotopic (exact) mass is 794 g/mol. The van der Waals surface area contributed by atoms with E-state index in [1.54, 1.807) is 6.26 Å². The van der Waals surface area contributed by atoms with Gasteiger partial charge in [0.15, 0.2) is 5.58 Å². The predicted molar refractivity (Wildman–Crippen MR) is 252 cm³/mol. The third-order valence-corrected chi connectivity index (χ3v) is 12.5. The van der Waals surface area contributed by atoms with Crippen LogP contribution in [0.5, 0.6) is 11.5 Å². The maximum absolute atomic E-state index is 6.88. The molecule has 0 fully saturated rings. The van der Waals surface area contributed by atoms with Crippen molar-refractivity contribution >= 4 is 60.4 Å². The Morgan fingerprint density at radius 1 is 0.557 bits per heavy atom. The minimum absolute atomic E-state index is 0.269. The first-order chi connectivity index (χ1) is 29.6. The molecule has 0 amide bonds. The highest BCUT2D eigenvalue weighted by molar-refractivity contribution is 6.17. The van der Waals surface area contributed by atoms with E-state index in [0.717, 1.165) is 78.0 Å². The van der Waals surface area contributed by atoms with Crippen LogP contribution in [0, 0.1) is 20.8 Å². The van der Waals surface area contributed by atoms with E-state index in [2.05, 4.69) is 179 Å². The van der Waals surface area contributed by atoms with Crippen LogP contribution >= 0.6 is 0 Å². The molecular weight excluding hydrogens is 749 g/mol. The number of para-hydroxylation sites is 2. The van der Waals surface area contributed by atoms with Gasteiger partial charge in [0, 0.05) is 21.7 Å². The van der Waals surface area contributed by atoms with Gasteiger partial charge in [-0.3, -0.25) is 8.97 Å². The molecule has 61 heavy (non-hydrogen) atoms. The van der Waals surface area contributed by atoms with Gasteiger partial charge in [-0.15, -0.1) is 0 Å². The Morgan fingerprint density at radius 2 is 1.30 bits per heavy atom. The molecule has 298 valence electrons. The Hall–Kier alpha value is -7.18. The summed E-state index contributed by atoms with van der Waals surface area (Å²) in [4.78, 5) is 10.7. The number of rotatable bonds is 7. The average molecular weight is 795 g/mol. The van der Waals surface area contributed by atoms with Gasteiger partial charge < -0.3 is 9.15 Å². The smallest absolute Gasteiger partial charge is 0.161 e. The number of hydrogen-bond acceptors (Lipinski definition) is 4. The molecule has 0 bridgehead atoms. The average Bonchev–Trinajstić information content (AvgIpc) is 4.00. The van der Waals surface area contributed by atoms with Crippen molar-refractivity contribution in [2.24, 2.45) is 0 Å². The highest BCUT2D eigenvalue weighted by Crippen LogP contribution is 2.43. The number of nitrogens with zero attached hydrogens (tertiary/aromatic N) is 4. The molecule has 4 heterocycles. The Bertz CT molecular complexity index is 3520. The lowest BCUT2D eigenvalue weighted by Gasteiger charge is -2.24. The van der Waals surface area contributed by atoms with E-state index in [1.807, 2.05) is 12.1 Å². The summed E-state index contributed by atoms with van der Waals surface area (Å²) in [6.45, 7) is 15.7. The van der Waals surface area contributed by atoms with Crippen LogP contribution in [0.4, 0.5) is 0 Å². The number of furan rings is 1. The summed E-state index contributed by atoms with van der Waals surface area (Å²) in [7, 11) is 0. The van der Waals surface area contributed by atoms with Crippen molar-refractivity contribution in [1.29, 1.82) is 0 Å². The molecule has 0 spiro atoms. The van der Waals surface area contributed by atoms with Crippen LogP contribution in [0.15, 0.2) is 144 Å². The number of ether oxygens (including phenoxy) is 1. The molecule has 0 aliphatic rings. The standard InChI is InChI=1S/C55H46N4O2/c1-31(2)42-28-39(36-14-9-8-10-15-36)29-43(32(3)4)52(42)59-47-19-12-11-18-46(47)56-54(59)38-16-13-17-40(27-38)61-41-24-35(7)50-44-25-33(5)34(6)26-49(44)58-48-21-20-37-22-23-60-53(37)51(48)57-55(58)45(50)30-41/h8-32H,1-7H3. The van der Waals surface area contributed by atoms with Crippen molar-refractivity contribution in [1.82, 2.24) is 18.9 Å². The second-order valence-corrected chi connectivity index (χ2v) is 17.2. The molecule has 7 aromatic carbocycles. The number of aryl methyl sites for hydroxylation is 3. The van der Waals surface area contributed by atoms with Crippen LogP contribution in [0.25, 0.3) is 88.6 Å². The molecule has 6 heteroatoms. The SMILES string of the molecule is Cc1cc2c3c(C)cc(Oc4cccc(-c5nc6ccccc6n5-c5c(C(C)C)cc(-c6ccccc6)cc5C(C)C)c4)cc3c3nc4c5occc5ccc4n3c2cc1C. The summed E-state index contributed by atoms with van der Waals surface area (Å²) >= 11 is 0. The van der Waals surface area contributed by atoms with Crippen LogP contribution < -0.4 is 4.74 Å². The van der Waals surface area contributed by atoms with Gasteiger partial charge in [0.2, 0.25) is 0 Å². The number of pyridine rings is 1. The first kappa shape index (κ1) is 36.9. The van der Waals surface area contributed by atoms with Gasteiger partial charge in [-0.25, -0.2) is 9.97 Å². The predicted octanol–water partition coefficient (Wildman–Crippen LogP) is 15.2. The van der Waals surface area contributed by atoms with Crippen LogP contribution in [0.2, 0.25) is 0 Å². The van der Waals surface area contributed by atoms with E-state index in [1.165, 1.54) is 49.8 Å². The quantitative estimate of drug-likeness (QED) is 0.151. The number of benzene rings is 7. The maximum Gasteiger partial charge on any atom is 0.161 e. The van der Waals surface area contributed by atoms with Crippen LogP contribution in [0.1, 0.15) is 67.3 Å². The molecule has 0 aliphatic carbocycles. The van der Waals surface area contributed by atoms with Crippen molar-refractivity contribution in [2.75, 3.05) is 0 Å². The molecule has 0 saturated carbocycles. The molecule has 11 rings (SSSR count). The first-order valence-corrected chi connectivity index (χ1v) is 21.3. The van der Waals surface area contributed by atoms with E-state index in [-0.39, 0.29) is 11.8 Å². The van der Waals surface area contributed by atoms with Crippen molar-refractivity contribution in [3.8, 4) is 39.7 Å². The zero-order valence-corrected chi connectivity index (χ0v) is 35.5. The molecule has 4 aromatic heterocycles. The van der Waals surface area contributed by atoms with Crippen molar-refractivity contribution in [2.45, 2.75) is 60.3 Å². The van der Waals surface area contributed by atoms with Crippen molar-refractivity contribution in [3.63, 3.8) is 0 Å². The molecule has 0 unspecified atom stereocenters. The zero-order valence-electron chi connectivity index (χ0n) is 35.5. The van der Waals surface area contributed by atoms with Gasteiger partial charge in [0.25, 0.3) is 0 Å². The summed E-state index contributed by atoms with van der Waals surface area (Å²) in [5, 5.41) is 4.43. The topological polar surface area (TPSA) is 57.5 Å². The summed E-state index contributed by atoms with van der Waals surface area (Å²) < 4.78 is 17.6. The minimum Gasteiger partial charge on any atom is -0.462 e. The van der Waals surface area contributed by atoms with Crippen LogP contribution in [-0.2, 0) is 0 Å². The number of fused-ring (bicyclic) bond motifs is 11. The molecule has 0 radical (unpaired) electrons. The second kappa shape index (κ2) is 14.0. The number of hydrogen-bond donors (Lipinski definition) is 0. The zero-order chi connectivity index (χ0) is 41.7. The fourth-order valence-corrected chi connectivity index (χ4v) is 9.42. The first-order valence-electron chi connectivity index (χ1n) is 21.3. The van der Waals surface area contributed by atoms with E-state index in [0.29, 0.717) is 0 Å². The van der Waals surface area contributed by atoms with E-state index in [4.69, 9.17) is 19.1 Å². The summed E-state index contributed by atoms with van der Waals surface area (Å²) in [6, 6.07) is 47.5. The number of imidazole rings is 2. The molecule has 0 saturated heterocycles. The number of aromatic nitrogens is 4. The highest BCUT2D eigenvalue weighted by Gasteiger charge is 2.25. The van der Waals surface area contributed by atoms with Crippen LogP contribution in [-0.4, -0.2) is 18.9 Å². The molecule has 11 aromatic rings. The lowest BCUT2D eigenvalue weighted by atomic mass is 9.88. The van der Waals surface area contributed by atoms with Gasteiger partial charge in [0.1, 0.15) is 28.5 Å². The second-order valence-electron chi connectivity index (χ2n) is 17.2. The van der Waals surface area contributed by atoms with Gasteiger partial charge >= 0.3 is 0 Å². The van der Waals surface area contributed by atoms with Crippen molar-refractivity contribution in [3.05, 3.63) is 168 Å². The Kier molecular flexibility index (Phi) is 8.43. The lowest BCUT2D eigenvalue weighted by Crippen LogP contribution is -2.09. The Labute approximate surface area is 354 Å². The molecule has 0 aliphatic heterocycles. The lowest BCUT2D eigenvalue weighted by molar-refractivity contribution is 0.483. The Balaban J connectivity index is 1.09. The molecular formula is C55H46N4O2. The molecule has 6 nitrogen and oxygen atoms in total. The normalized spacial score (nSPS) is 12.1. The fraction of sp³-hybridized carbons (Fsp3) is 0.164. The van der Waals surface area contributed by atoms with Crippen LogP contribution in [0.3, 0.4) is 0 Å². The van der Waals surface area contributed by atoms with Gasteiger partial charge in [-0.2, -0.15) is 0 Å². The van der Waals surface area contributed by atoms with Crippen molar-refractivity contribution < 1.29 is 9.15 Å². The van der Waals surface area contributed by atoms with E-state index >= 15 is 0 Å². The third-order valence-electron chi connectivity index (χ3n) is 12.5. The van der Waals surface area contributed by atoms with E-state index in [9.17, 15) is 0 Å². The van der Waals surface area contributed by atoms with E-state index < -0.39 is 0 Å². The third kappa shape index (κ3) is 5.84. The van der Waals surface area contributed by atoms with Gasteiger partial charge in [0.05, 0.1) is 34.0 Å². The largest absolute Gasteiger partial charge is 0.462 e. The van der Waals surface area contributed by atoms with Gasteiger partial charge in [-0.1, -0.05) is 82.3 Å². The highest BCUT2D eigenvalue weighted by atomic mass is 16.5. The molecule has 0 N–H and O–H groups in total. The molecule has 0 atom stereocenters. The fourth-order valence-electron chi connectivity index (χ4n) is 9.42. The maximum atomic E-state index is 6.88. The summed E-state index contributed by atoms with van der Waals surface area (Å²) in [5.41, 5.74) is 17.5. The summed E-state index contributed by atoms with van der Waals surface area (Å²) in [6.07, 6.45) is 1.74. The minimum atomic E-state index is 0.269.